The first-order valence-electron chi connectivity index (χ1n) is 11.0. The van der Waals surface area contributed by atoms with Gasteiger partial charge in [-0.15, -0.1) is 0 Å². The molecular formula is C25H35NO4Si. The molecule has 2 aromatic carbocycles. The van der Waals surface area contributed by atoms with Gasteiger partial charge in [0.2, 0.25) is 0 Å². The van der Waals surface area contributed by atoms with Gasteiger partial charge in [0.05, 0.1) is 26.4 Å². The maximum atomic E-state index is 6.68. The highest BCUT2D eigenvalue weighted by Crippen LogP contribution is 2.40. The van der Waals surface area contributed by atoms with E-state index in [1.165, 1.54) is 0 Å². The summed E-state index contributed by atoms with van der Waals surface area (Å²) in [4.78, 5) is 5.94. The van der Waals surface area contributed by atoms with Crippen LogP contribution in [0, 0.1) is 0 Å². The smallest absolute Gasteiger partial charge is 0.160 e. The van der Waals surface area contributed by atoms with Gasteiger partial charge in [-0.2, -0.15) is 0 Å². The maximum Gasteiger partial charge on any atom is 0.160 e. The Balaban J connectivity index is 1.92. The predicted octanol–water partition coefficient (Wildman–Crippen LogP) is 5.09. The number of ether oxygens (including phenoxy) is 3. The Morgan fingerprint density at radius 3 is 2.03 bits per heavy atom. The number of nitrogens with zero attached hydrogens (tertiary/aromatic N) is 1. The van der Waals surface area contributed by atoms with Crippen LogP contribution in [-0.2, 0) is 24.6 Å². The van der Waals surface area contributed by atoms with Crippen molar-refractivity contribution in [1.29, 1.82) is 0 Å². The van der Waals surface area contributed by atoms with Gasteiger partial charge in [0.25, 0.3) is 0 Å². The molecule has 3 rings (SSSR count). The fraction of sp³-hybridized carbons (Fsp3) is 0.480. The molecule has 0 saturated carbocycles. The molecule has 0 aromatic heterocycles. The Bertz CT molecular complexity index is 781. The molecule has 5 nitrogen and oxygen atoms in total. The summed E-state index contributed by atoms with van der Waals surface area (Å²) >= 11 is 0. The van der Waals surface area contributed by atoms with E-state index in [1.807, 2.05) is 36.4 Å². The van der Waals surface area contributed by atoms with Gasteiger partial charge in [-0.1, -0.05) is 85.5 Å². The van der Waals surface area contributed by atoms with Crippen LogP contribution in [0.3, 0.4) is 0 Å². The molecule has 1 unspecified atom stereocenters. The van der Waals surface area contributed by atoms with Gasteiger partial charge in [0.1, 0.15) is 11.8 Å². The third-order valence-electron chi connectivity index (χ3n) is 5.32. The molecule has 6 heteroatoms. The molecule has 0 radical (unpaired) electrons. The second-order valence-electron chi connectivity index (χ2n) is 9.10. The van der Waals surface area contributed by atoms with Crippen LogP contribution < -0.4 is 0 Å². The highest BCUT2D eigenvalue weighted by Gasteiger charge is 2.45. The molecule has 1 heterocycles. The van der Waals surface area contributed by atoms with Gasteiger partial charge < -0.3 is 19.0 Å². The van der Waals surface area contributed by atoms with Crippen molar-refractivity contribution in [3.63, 3.8) is 0 Å². The Morgan fingerprint density at radius 1 is 0.903 bits per heavy atom. The second kappa shape index (κ2) is 11.0. The molecule has 168 valence electrons. The summed E-state index contributed by atoms with van der Waals surface area (Å²) in [6.45, 7) is 9.13. The third kappa shape index (κ3) is 6.26. The van der Waals surface area contributed by atoms with Crippen molar-refractivity contribution in [2.75, 3.05) is 33.5 Å². The third-order valence-corrected chi connectivity index (χ3v) is 7.00. The summed E-state index contributed by atoms with van der Waals surface area (Å²) in [5.74, 6) is 0. The molecule has 0 N–H and O–H groups in total. The lowest BCUT2D eigenvalue weighted by Gasteiger charge is -2.35. The van der Waals surface area contributed by atoms with E-state index in [0.717, 1.165) is 29.3 Å². The highest BCUT2D eigenvalue weighted by atomic mass is 28.3. The Morgan fingerprint density at radius 2 is 1.48 bits per heavy atom. The molecule has 0 aliphatic carbocycles. The van der Waals surface area contributed by atoms with Crippen molar-refractivity contribution < 1.29 is 19.0 Å². The van der Waals surface area contributed by atoms with Gasteiger partial charge >= 0.3 is 0 Å². The summed E-state index contributed by atoms with van der Waals surface area (Å²) in [5, 5.41) is 4.61. The largest absolute Gasteiger partial charge is 0.392 e. The summed E-state index contributed by atoms with van der Waals surface area (Å²) in [6, 6.07) is 21.7. The molecule has 0 saturated heterocycles. The zero-order valence-corrected chi connectivity index (χ0v) is 20.2. The molecule has 1 atom stereocenters. The minimum Gasteiger partial charge on any atom is -0.392 e. The zero-order chi connectivity index (χ0) is 22.2. The van der Waals surface area contributed by atoms with Crippen LogP contribution in [-0.4, -0.2) is 53.4 Å². The van der Waals surface area contributed by atoms with Crippen molar-refractivity contribution in [2.24, 2.45) is 5.16 Å². The van der Waals surface area contributed by atoms with E-state index in [2.05, 4.69) is 49.1 Å². The van der Waals surface area contributed by atoms with Crippen molar-refractivity contribution >= 4 is 13.8 Å². The fourth-order valence-corrected chi connectivity index (χ4v) is 5.61. The first-order chi connectivity index (χ1) is 15.0. The maximum absolute atomic E-state index is 6.68. The van der Waals surface area contributed by atoms with Crippen LogP contribution in [0.5, 0.6) is 0 Å². The lowest BCUT2D eigenvalue weighted by atomic mass is 9.80. The molecule has 1 aliphatic heterocycles. The molecule has 1 aliphatic rings. The minimum absolute atomic E-state index is 0.106. The molecule has 0 fully saturated rings. The zero-order valence-electron chi connectivity index (χ0n) is 19.2. The van der Waals surface area contributed by atoms with Crippen LogP contribution in [0.4, 0.5) is 0 Å². The second-order valence-corrected chi connectivity index (χ2v) is 14.6. The van der Waals surface area contributed by atoms with E-state index in [0.29, 0.717) is 26.4 Å². The number of hydrogen-bond acceptors (Lipinski definition) is 5. The van der Waals surface area contributed by atoms with Crippen molar-refractivity contribution in [2.45, 2.75) is 43.8 Å². The van der Waals surface area contributed by atoms with E-state index in [4.69, 9.17) is 19.0 Å². The van der Waals surface area contributed by atoms with Crippen LogP contribution in [0.1, 0.15) is 17.5 Å². The molecule has 31 heavy (non-hydrogen) atoms. The van der Waals surface area contributed by atoms with Gasteiger partial charge in [-0.25, -0.2) is 0 Å². The number of methoxy groups -OCH3 is 1. The van der Waals surface area contributed by atoms with Gasteiger partial charge in [0.15, 0.2) is 5.60 Å². The van der Waals surface area contributed by atoms with Crippen molar-refractivity contribution in [1.82, 2.24) is 0 Å². The van der Waals surface area contributed by atoms with Crippen molar-refractivity contribution in [3.05, 3.63) is 71.8 Å². The van der Waals surface area contributed by atoms with E-state index >= 15 is 0 Å². The van der Waals surface area contributed by atoms with E-state index < -0.39 is 13.7 Å². The topological polar surface area (TPSA) is 49.3 Å². The number of oxime groups is 1. The molecule has 0 amide bonds. The normalized spacial score (nSPS) is 16.8. The highest BCUT2D eigenvalue weighted by molar-refractivity contribution is 6.76. The number of rotatable bonds is 12. The summed E-state index contributed by atoms with van der Waals surface area (Å²) < 4.78 is 17.4. The number of hydrogen-bond donors (Lipinski definition) is 0. The van der Waals surface area contributed by atoms with Crippen LogP contribution in [0.15, 0.2) is 65.8 Å². The SMILES string of the molecule is COCCOCCOC(C1=NOC(C[Si](C)(C)C)C1)(c1ccccc1)c1ccccc1. The summed E-state index contributed by atoms with van der Waals surface area (Å²) in [6.07, 6.45) is 0.869. The van der Waals surface area contributed by atoms with Crippen molar-refractivity contribution in [3.8, 4) is 0 Å². The monoisotopic (exact) mass is 441 g/mol. The Kier molecular flexibility index (Phi) is 8.43. The summed E-state index contributed by atoms with van der Waals surface area (Å²) in [5.41, 5.74) is 2.22. The average molecular weight is 442 g/mol. The summed E-state index contributed by atoms with van der Waals surface area (Å²) in [7, 11) is 0.387. The van der Waals surface area contributed by atoms with Crippen LogP contribution in [0.2, 0.25) is 25.7 Å². The fourth-order valence-electron chi connectivity index (χ4n) is 4.02. The molecule has 0 bridgehead atoms. The van der Waals surface area contributed by atoms with E-state index in [9.17, 15) is 0 Å². The lowest BCUT2D eigenvalue weighted by molar-refractivity contribution is -0.0186. The Labute approximate surface area is 187 Å². The van der Waals surface area contributed by atoms with E-state index in [1.54, 1.807) is 7.11 Å². The minimum atomic E-state index is -1.28. The van der Waals surface area contributed by atoms with Gasteiger partial charge in [-0.3, -0.25) is 0 Å². The predicted molar refractivity (Wildman–Crippen MR) is 127 cm³/mol. The lowest BCUT2D eigenvalue weighted by Crippen LogP contribution is -2.41. The molecule has 2 aromatic rings. The van der Waals surface area contributed by atoms with Crippen LogP contribution >= 0.6 is 0 Å². The first-order valence-corrected chi connectivity index (χ1v) is 14.7. The average Bonchev–Trinajstić information content (AvgIpc) is 3.21. The van der Waals surface area contributed by atoms with Crippen LogP contribution in [0.25, 0.3) is 0 Å². The standard InChI is InChI=1S/C25H35NO4Si/c1-27-15-16-28-17-18-29-25(21-11-7-5-8-12-21,22-13-9-6-10-14-22)24-19-23(30-26-24)20-31(2,3)4/h5-14,23H,15-20H2,1-4H3. The molecule has 0 spiro atoms. The number of benzene rings is 2. The first kappa shape index (κ1) is 23.7. The van der Waals surface area contributed by atoms with E-state index in [-0.39, 0.29) is 6.10 Å². The van der Waals surface area contributed by atoms with Gasteiger partial charge in [0, 0.05) is 21.6 Å². The Hall–Kier alpha value is -1.99. The molecular weight excluding hydrogens is 406 g/mol. The van der Waals surface area contributed by atoms with Gasteiger partial charge in [-0.05, 0) is 17.2 Å². The quantitative estimate of drug-likeness (QED) is 0.340.